The van der Waals surface area contributed by atoms with E-state index in [0.717, 1.165) is 32.1 Å². The smallest absolute Gasteiger partial charge is 0.261 e. The molecular formula is C27H27NO3. The zero-order chi connectivity index (χ0) is 21.4. The fourth-order valence-corrected chi connectivity index (χ4v) is 7.53. The number of rotatable bonds is 4. The summed E-state index contributed by atoms with van der Waals surface area (Å²) >= 11 is 0. The summed E-state index contributed by atoms with van der Waals surface area (Å²) in [5.74, 6) is 0.564. The Balaban J connectivity index is 1.31. The highest BCUT2D eigenvalue weighted by Gasteiger charge is 2.61. The molecule has 4 bridgehead atoms. The Hall–Kier alpha value is -2.75. The van der Waals surface area contributed by atoms with Crippen LogP contribution in [0.5, 0.6) is 0 Å². The maximum absolute atomic E-state index is 13.8. The van der Waals surface area contributed by atoms with Gasteiger partial charge in [0.15, 0.2) is 5.78 Å². The van der Waals surface area contributed by atoms with Crippen molar-refractivity contribution in [1.29, 1.82) is 0 Å². The number of carbonyl (C=O) groups excluding carboxylic acids is 3. The fraction of sp³-hybridized carbons (Fsp3) is 0.444. The van der Waals surface area contributed by atoms with E-state index >= 15 is 0 Å². The standard InChI is InChI=1S/C27H27NO3/c1-17-6-8-20(9-7-17)26-11-18-10-19(12-26)14-27(13-18,16-26)23(29)15-28-24(30)21-4-2-3-5-22(21)25(28)31/h2-9,18-19H,10-16H2,1H3/t18-,19-,26?,27?/m0/s1. The third-order valence-electron chi connectivity index (χ3n) is 8.50. The van der Waals surface area contributed by atoms with Crippen molar-refractivity contribution >= 4 is 17.6 Å². The Kier molecular flexibility index (Phi) is 3.91. The molecule has 0 radical (unpaired) electrons. The minimum absolute atomic E-state index is 0.0649. The maximum atomic E-state index is 13.8. The molecule has 0 aromatic heterocycles. The first-order valence-electron chi connectivity index (χ1n) is 11.4. The minimum Gasteiger partial charge on any atom is -0.297 e. The quantitative estimate of drug-likeness (QED) is 0.683. The molecule has 4 fully saturated rings. The van der Waals surface area contributed by atoms with Gasteiger partial charge in [-0.15, -0.1) is 0 Å². The molecule has 4 heteroatoms. The van der Waals surface area contributed by atoms with E-state index in [-0.39, 0.29) is 29.6 Å². The average molecular weight is 414 g/mol. The highest BCUT2D eigenvalue weighted by molar-refractivity contribution is 6.22. The molecule has 1 heterocycles. The van der Waals surface area contributed by atoms with Crippen molar-refractivity contribution in [2.24, 2.45) is 17.3 Å². The van der Waals surface area contributed by atoms with E-state index in [2.05, 4.69) is 31.2 Å². The van der Waals surface area contributed by atoms with Gasteiger partial charge in [0.05, 0.1) is 17.7 Å². The number of benzene rings is 2. The first-order valence-corrected chi connectivity index (χ1v) is 11.4. The van der Waals surface area contributed by atoms with Crippen LogP contribution in [0.15, 0.2) is 48.5 Å². The van der Waals surface area contributed by atoms with Gasteiger partial charge in [0, 0.05) is 5.41 Å². The van der Waals surface area contributed by atoms with Crippen molar-refractivity contribution in [2.45, 2.75) is 50.9 Å². The lowest BCUT2D eigenvalue weighted by molar-refractivity contribution is -0.147. The van der Waals surface area contributed by atoms with Crippen molar-refractivity contribution in [3.05, 3.63) is 70.8 Å². The molecule has 0 spiro atoms. The van der Waals surface area contributed by atoms with E-state index in [1.54, 1.807) is 24.3 Å². The number of carbonyl (C=O) groups is 3. The van der Waals surface area contributed by atoms with Crippen molar-refractivity contribution in [3.8, 4) is 0 Å². The molecule has 1 aliphatic heterocycles. The van der Waals surface area contributed by atoms with E-state index in [1.165, 1.54) is 22.4 Å². The van der Waals surface area contributed by atoms with E-state index in [4.69, 9.17) is 0 Å². The van der Waals surface area contributed by atoms with E-state index in [0.29, 0.717) is 23.0 Å². The van der Waals surface area contributed by atoms with Crippen LogP contribution in [0.4, 0.5) is 0 Å². The molecule has 0 saturated heterocycles. The Morgan fingerprint density at radius 1 is 0.903 bits per heavy atom. The highest BCUT2D eigenvalue weighted by atomic mass is 16.2. The van der Waals surface area contributed by atoms with Gasteiger partial charge in [-0.1, -0.05) is 42.0 Å². The van der Waals surface area contributed by atoms with Crippen molar-refractivity contribution in [2.75, 3.05) is 6.54 Å². The predicted octanol–water partition coefficient (Wildman–Crippen LogP) is 4.70. The van der Waals surface area contributed by atoms with Gasteiger partial charge in [-0.2, -0.15) is 0 Å². The van der Waals surface area contributed by atoms with Gasteiger partial charge in [-0.25, -0.2) is 0 Å². The summed E-state index contributed by atoms with van der Waals surface area (Å²) in [6.07, 6.45) is 6.23. The summed E-state index contributed by atoms with van der Waals surface area (Å²) in [6.45, 7) is 2.02. The number of hydrogen-bond donors (Lipinski definition) is 0. The number of nitrogens with zero attached hydrogens (tertiary/aromatic N) is 1. The number of fused-ring (bicyclic) bond motifs is 1. The molecule has 2 amide bonds. The zero-order valence-electron chi connectivity index (χ0n) is 17.9. The van der Waals surface area contributed by atoms with Crippen LogP contribution in [-0.2, 0) is 10.2 Å². The van der Waals surface area contributed by atoms with E-state index in [9.17, 15) is 14.4 Å². The van der Waals surface area contributed by atoms with Crippen LogP contribution >= 0.6 is 0 Å². The largest absolute Gasteiger partial charge is 0.297 e. The van der Waals surface area contributed by atoms with E-state index < -0.39 is 5.41 Å². The predicted molar refractivity (Wildman–Crippen MR) is 117 cm³/mol. The normalized spacial score (nSPS) is 33.1. The van der Waals surface area contributed by atoms with Gasteiger partial charge < -0.3 is 0 Å². The zero-order valence-corrected chi connectivity index (χ0v) is 17.9. The van der Waals surface area contributed by atoms with Gasteiger partial charge in [-0.05, 0) is 80.4 Å². The van der Waals surface area contributed by atoms with Gasteiger partial charge in [0.25, 0.3) is 11.8 Å². The molecule has 4 saturated carbocycles. The number of amides is 2. The fourth-order valence-electron chi connectivity index (χ4n) is 7.53. The summed E-state index contributed by atoms with van der Waals surface area (Å²) in [5, 5.41) is 0. The average Bonchev–Trinajstić information content (AvgIpc) is 2.98. The second kappa shape index (κ2) is 6.38. The second-order valence-corrected chi connectivity index (χ2v) is 10.6. The van der Waals surface area contributed by atoms with Crippen molar-refractivity contribution in [3.63, 3.8) is 0 Å². The number of hydrogen-bond acceptors (Lipinski definition) is 3. The van der Waals surface area contributed by atoms with Crippen LogP contribution in [0.25, 0.3) is 0 Å². The molecular weight excluding hydrogens is 386 g/mol. The molecule has 2 aromatic carbocycles. The van der Waals surface area contributed by atoms with Gasteiger partial charge in [-0.3, -0.25) is 19.3 Å². The summed E-state index contributed by atoms with van der Waals surface area (Å²) in [5.41, 5.74) is 3.12. The highest BCUT2D eigenvalue weighted by Crippen LogP contribution is 2.66. The molecule has 5 aliphatic rings. The third-order valence-corrected chi connectivity index (χ3v) is 8.50. The number of imide groups is 1. The van der Waals surface area contributed by atoms with Crippen LogP contribution in [0.3, 0.4) is 0 Å². The molecule has 4 aliphatic carbocycles. The van der Waals surface area contributed by atoms with Crippen LogP contribution in [-0.4, -0.2) is 29.0 Å². The molecule has 0 unspecified atom stereocenters. The molecule has 7 rings (SSSR count). The Morgan fingerprint density at radius 2 is 1.48 bits per heavy atom. The summed E-state index contributed by atoms with van der Waals surface area (Å²) in [4.78, 5) is 40.6. The Morgan fingerprint density at radius 3 is 2.06 bits per heavy atom. The van der Waals surface area contributed by atoms with Crippen LogP contribution in [0.2, 0.25) is 0 Å². The van der Waals surface area contributed by atoms with E-state index in [1.807, 2.05) is 0 Å². The summed E-state index contributed by atoms with van der Waals surface area (Å²) < 4.78 is 0. The summed E-state index contributed by atoms with van der Waals surface area (Å²) in [7, 11) is 0. The third kappa shape index (κ3) is 2.70. The van der Waals surface area contributed by atoms with Crippen LogP contribution in [0, 0.1) is 24.2 Å². The van der Waals surface area contributed by atoms with Crippen LogP contribution in [0.1, 0.15) is 70.4 Å². The Labute approximate surface area is 182 Å². The first-order chi connectivity index (χ1) is 14.9. The van der Waals surface area contributed by atoms with Crippen molar-refractivity contribution in [1.82, 2.24) is 4.90 Å². The molecule has 2 atom stereocenters. The Bertz CT molecular complexity index is 1070. The molecule has 4 nitrogen and oxygen atoms in total. The van der Waals surface area contributed by atoms with Gasteiger partial charge in [0.2, 0.25) is 0 Å². The van der Waals surface area contributed by atoms with Crippen molar-refractivity contribution < 1.29 is 14.4 Å². The number of ketones is 1. The molecule has 158 valence electrons. The lowest BCUT2D eigenvalue weighted by atomic mass is 9.42. The molecule has 0 N–H and O–H groups in total. The lowest BCUT2D eigenvalue weighted by Crippen LogP contribution is -2.58. The maximum Gasteiger partial charge on any atom is 0.261 e. The molecule has 2 aromatic rings. The summed E-state index contributed by atoms with van der Waals surface area (Å²) in [6, 6.07) is 15.8. The van der Waals surface area contributed by atoms with Crippen LogP contribution < -0.4 is 0 Å². The molecule has 31 heavy (non-hydrogen) atoms. The monoisotopic (exact) mass is 413 g/mol. The lowest BCUT2D eigenvalue weighted by Gasteiger charge is -2.62. The minimum atomic E-state index is -0.399. The number of Topliss-reactive ketones (excluding diaryl/α,β-unsaturated/α-hetero) is 1. The topological polar surface area (TPSA) is 54.5 Å². The number of aryl methyl sites for hydroxylation is 1. The first kappa shape index (κ1) is 19.0. The second-order valence-electron chi connectivity index (χ2n) is 10.6. The van der Waals surface area contributed by atoms with Gasteiger partial charge in [0.1, 0.15) is 0 Å². The SMILES string of the molecule is Cc1ccc(C23C[C@@H]4C[C@H](CC(C(=O)CN5C(=O)c6ccccc6C5=O)(C4)C2)C3)cc1. The van der Waals surface area contributed by atoms with Gasteiger partial charge >= 0.3 is 0 Å².